The number of ether oxygens (including phenoxy) is 1. The third kappa shape index (κ3) is 1.90. The lowest BCUT2D eigenvalue weighted by atomic mass is 9.70. The molecule has 2 bridgehead atoms. The van der Waals surface area contributed by atoms with E-state index in [2.05, 4.69) is 27.7 Å². The Kier molecular flexibility index (Phi) is 3.26. The highest BCUT2D eigenvalue weighted by molar-refractivity contribution is 5.69. The fourth-order valence-electron chi connectivity index (χ4n) is 3.85. The molecule has 2 heteroatoms. The van der Waals surface area contributed by atoms with Crippen molar-refractivity contribution in [2.75, 3.05) is 0 Å². The molecule has 2 fully saturated rings. The van der Waals surface area contributed by atoms with Crippen molar-refractivity contribution in [3.8, 4) is 0 Å². The Morgan fingerprint density at radius 1 is 1.35 bits per heavy atom. The summed E-state index contributed by atoms with van der Waals surface area (Å²) < 4.78 is 5.75. The lowest BCUT2D eigenvalue weighted by molar-refractivity contribution is -0.157. The predicted octanol–water partition coefficient (Wildman–Crippen LogP) is 3.93. The molecule has 0 radical (unpaired) electrons. The van der Waals surface area contributed by atoms with Crippen LogP contribution in [0.4, 0.5) is 0 Å². The third-order valence-corrected chi connectivity index (χ3v) is 5.72. The largest absolute Gasteiger partial charge is 0.462 e. The highest BCUT2D eigenvalue weighted by Crippen LogP contribution is 2.66. The van der Waals surface area contributed by atoms with Crippen molar-refractivity contribution in [2.45, 2.75) is 72.3 Å². The molecule has 3 atom stereocenters. The molecule has 0 aliphatic heterocycles. The van der Waals surface area contributed by atoms with Gasteiger partial charge in [0.2, 0.25) is 0 Å². The first-order valence-electron chi connectivity index (χ1n) is 7.11. The Morgan fingerprint density at radius 2 is 2.06 bits per heavy atom. The molecule has 0 amide bonds. The SMILES string of the molecule is CCCCC(=O)O[C@H]1C[C@H]2CC[C@]1(C)C2(C)C. The molecular formula is C15H26O2. The van der Waals surface area contributed by atoms with Crippen LogP contribution in [0.2, 0.25) is 0 Å². The third-order valence-electron chi connectivity index (χ3n) is 5.72. The molecule has 2 aliphatic carbocycles. The van der Waals surface area contributed by atoms with Crippen LogP contribution in [-0.2, 0) is 9.53 Å². The molecule has 0 spiro atoms. The molecule has 17 heavy (non-hydrogen) atoms. The van der Waals surface area contributed by atoms with E-state index in [0.29, 0.717) is 11.8 Å². The summed E-state index contributed by atoms with van der Waals surface area (Å²) in [6, 6.07) is 0. The lowest BCUT2D eigenvalue weighted by Gasteiger charge is -2.38. The number of fused-ring (bicyclic) bond motifs is 2. The smallest absolute Gasteiger partial charge is 0.306 e. The van der Waals surface area contributed by atoms with Crippen LogP contribution < -0.4 is 0 Å². The van der Waals surface area contributed by atoms with Crippen LogP contribution in [0.25, 0.3) is 0 Å². The van der Waals surface area contributed by atoms with Gasteiger partial charge in [-0.2, -0.15) is 0 Å². The Labute approximate surface area is 105 Å². The minimum absolute atomic E-state index is 0.0152. The highest BCUT2D eigenvalue weighted by atomic mass is 16.5. The molecular weight excluding hydrogens is 212 g/mol. The van der Waals surface area contributed by atoms with Crippen LogP contribution in [0.3, 0.4) is 0 Å². The molecule has 2 rings (SSSR count). The van der Waals surface area contributed by atoms with Crippen molar-refractivity contribution in [3.05, 3.63) is 0 Å². The molecule has 0 aromatic rings. The molecule has 2 aliphatic rings. The summed E-state index contributed by atoms with van der Waals surface area (Å²) in [5.41, 5.74) is 0.544. The van der Waals surface area contributed by atoms with Gasteiger partial charge in [0.05, 0.1) is 0 Å². The maximum Gasteiger partial charge on any atom is 0.306 e. The monoisotopic (exact) mass is 238 g/mol. The van der Waals surface area contributed by atoms with E-state index in [-0.39, 0.29) is 17.5 Å². The summed E-state index contributed by atoms with van der Waals surface area (Å²) in [7, 11) is 0. The molecule has 0 heterocycles. The van der Waals surface area contributed by atoms with Gasteiger partial charge in [-0.25, -0.2) is 0 Å². The van der Waals surface area contributed by atoms with Crippen molar-refractivity contribution in [1.29, 1.82) is 0 Å². The van der Waals surface area contributed by atoms with E-state index in [1.807, 2.05) is 0 Å². The normalized spacial score (nSPS) is 38.4. The summed E-state index contributed by atoms with van der Waals surface area (Å²) in [5.74, 6) is 0.762. The average molecular weight is 238 g/mol. The first kappa shape index (κ1) is 12.9. The quantitative estimate of drug-likeness (QED) is 0.694. The standard InChI is InChI=1S/C15H26O2/c1-5-6-7-13(16)17-12-10-11-8-9-15(12,4)14(11,2)3/h11-12H,5-10H2,1-4H3/t11-,12+,15+/m1/s1. The van der Waals surface area contributed by atoms with E-state index < -0.39 is 0 Å². The zero-order valence-electron chi connectivity index (χ0n) is 11.7. The van der Waals surface area contributed by atoms with Gasteiger partial charge in [0.15, 0.2) is 0 Å². The van der Waals surface area contributed by atoms with Gasteiger partial charge in [0.1, 0.15) is 6.10 Å². The Hall–Kier alpha value is -0.530. The second-order valence-electron chi connectivity index (χ2n) is 6.69. The van der Waals surface area contributed by atoms with Crippen molar-refractivity contribution in [2.24, 2.45) is 16.7 Å². The van der Waals surface area contributed by atoms with Gasteiger partial charge in [-0.1, -0.05) is 34.1 Å². The summed E-state index contributed by atoms with van der Waals surface area (Å²) in [6.07, 6.45) is 6.39. The Balaban J connectivity index is 1.98. The van der Waals surface area contributed by atoms with Crippen molar-refractivity contribution >= 4 is 5.97 Å². The van der Waals surface area contributed by atoms with Crippen LogP contribution in [-0.4, -0.2) is 12.1 Å². The fraction of sp³-hybridized carbons (Fsp3) is 0.933. The van der Waals surface area contributed by atoms with Crippen LogP contribution in [0.1, 0.15) is 66.2 Å². The molecule has 98 valence electrons. The average Bonchev–Trinajstić information content (AvgIpc) is 2.59. The first-order valence-corrected chi connectivity index (χ1v) is 7.11. The Bertz CT molecular complexity index is 308. The topological polar surface area (TPSA) is 26.3 Å². The molecule has 0 N–H and O–H groups in total. The molecule has 2 nitrogen and oxygen atoms in total. The molecule has 0 aromatic heterocycles. The number of rotatable bonds is 4. The van der Waals surface area contributed by atoms with Gasteiger partial charge in [-0.05, 0) is 37.0 Å². The highest BCUT2D eigenvalue weighted by Gasteiger charge is 2.62. The van der Waals surface area contributed by atoms with Gasteiger partial charge < -0.3 is 4.74 Å². The van der Waals surface area contributed by atoms with Gasteiger partial charge in [0.25, 0.3) is 0 Å². The molecule has 0 unspecified atom stereocenters. The van der Waals surface area contributed by atoms with Crippen LogP contribution in [0, 0.1) is 16.7 Å². The predicted molar refractivity (Wildman–Crippen MR) is 68.6 cm³/mol. The zero-order valence-corrected chi connectivity index (χ0v) is 11.7. The summed E-state index contributed by atoms with van der Waals surface area (Å²) in [5, 5.41) is 0. The van der Waals surface area contributed by atoms with Crippen molar-refractivity contribution < 1.29 is 9.53 Å². The molecule has 0 saturated heterocycles. The van der Waals surface area contributed by atoms with E-state index in [1.54, 1.807) is 0 Å². The Morgan fingerprint density at radius 3 is 2.53 bits per heavy atom. The van der Waals surface area contributed by atoms with Gasteiger partial charge in [0, 0.05) is 11.8 Å². The lowest BCUT2D eigenvalue weighted by Crippen LogP contribution is -2.38. The van der Waals surface area contributed by atoms with Crippen LogP contribution in [0.15, 0.2) is 0 Å². The second kappa shape index (κ2) is 4.29. The van der Waals surface area contributed by atoms with E-state index in [9.17, 15) is 4.79 Å². The number of hydrogen-bond acceptors (Lipinski definition) is 2. The number of esters is 1. The van der Waals surface area contributed by atoms with E-state index in [0.717, 1.165) is 25.2 Å². The number of unbranched alkanes of at least 4 members (excludes halogenated alkanes) is 1. The minimum atomic E-state index is 0.0152. The van der Waals surface area contributed by atoms with Gasteiger partial charge >= 0.3 is 5.97 Å². The van der Waals surface area contributed by atoms with Crippen LogP contribution in [0.5, 0.6) is 0 Å². The minimum Gasteiger partial charge on any atom is -0.462 e. The zero-order chi connectivity index (χ0) is 12.7. The maximum absolute atomic E-state index is 11.8. The summed E-state index contributed by atoms with van der Waals surface area (Å²) in [6.45, 7) is 9.13. The number of carbonyl (C=O) groups is 1. The fourth-order valence-corrected chi connectivity index (χ4v) is 3.85. The van der Waals surface area contributed by atoms with E-state index >= 15 is 0 Å². The summed E-state index contributed by atoms with van der Waals surface area (Å²) >= 11 is 0. The number of hydrogen-bond donors (Lipinski definition) is 0. The summed E-state index contributed by atoms with van der Waals surface area (Å²) in [4.78, 5) is 11.8. The first-order chi connectivity index (χ1) is 7.91. The number of carbonyl (C=O) groups excluding carboxylic acids is 1. The van der Waals surface area contributed by atoms with Crippen LogP contribution >= 0.6 is 0 Å². The van der Waals surface area contributed by atoms with Gasteiger partial charge in [-0.3, -0.25) is 4.79 Å². The maximum atomic E-state index is 11.8. The molecule has 0 aromatic carbocycles. The van der Waals surface area contributed by atoms with Crippen molar-refractivity contribution in [1.82, 2.24) is 0 Å². The molecule has 2 saturated carbocycles. The van der Waals surface area contributed by atoms with Crippen molar-refractivity contribution in [3.63, 3.8) is 0 Å². The van der Waals surface area contributed by atoms with Gasteiger partial charge in [-0.15, -0.1) is 0 Å². The van der Waals surface area contributed by atoms with E-state index in [4.69, 9.17) is 4.74 Å². The van der Waals surface area contributed by atoms with E-state index in [1.165, 1.54) is 12.8 Å². The second-order valence-corrected chi connectivity index (χ2v) is 6.69.